The Kier molecular flexibility index (Phi) is 18.2. The third-order valence-electron chi connectivity index (χ3n) is 5.82. The second kappa shape index (κ2) is 22.6. The molecule has 0 saturated carbocycles. The fourth-order valence-electron chi connectivity index (χ4n) is 3.54. The fourth-order valence-corrected chi connectivity index (χ4v) is 3.54. The molecule has 4 aromatic carbocycles. The van der Waals surface area contributed by atoms with Crippen molar-refractivity contribution in [3.8, 4) is 23.0 Å². The van der Waals surface area contributed by atoms with Crippen LogP contribution in [0.3, 0.4) is 0 Å². The summed E-state index contributed by atoms with van der Waals surface area (Å²) in [6, 6.07) is 28.4. The maximum atomic E-state index is 9.56. The van der Waals surface area contributed by atoms with E-state index in [1.54, 1.807) is 73.4 Å². The number of benzene rings is 4. The third-order valence-corrected chi connectivity index (χ3v) is 5.82. The van der Waals surface area contributed by atoms with Crippen molar-refractivity contribution in [3.05, 3.63) is 119 Å². The zero-order valence-corrected chi connectivity index (χ0v) is 27.5. The van der Waals surface area contributed by atoms with Gasteiger partial charge in [-0.05, 0) is 61.4 Å². The van der Waals surface area contributed by atoms with Crippen LogP contribution in [0.15, 0.2) is 117 Å². The van der Waals surface area contributed by atoms with Crippen LogP contribution in [0.25, 0.3) is 0 Å². The predicted molar refractivity (Wildman–Crippen MR) is 173 cm³/mol. The van der Waals surface area contributed by atoms with Crippen LogP contribution in [0.4, 0.5) is 0 Å². The minimum absolute atomic E-state index is 0.235. The molecule has 0 aliphatic heterocycles. The van der Waals surface area contributed by atoms with Gasteiger partial charge < -0.3 is 20.4 Å². The van der Waals surface area contributed by atoms with Crippen molar-refractivity contribution in [1.29, 1.82) is 0 Å². The number of para-hydroxylation sites is 4. The van der Waals surface area contributed by atoms with E-state index in [1.807, 2.05) is 48.5 Å². The summed E-state index contributed by atoms with van der Waals surface area (Å²) in [4.78, 5) is 17.0. The first-order chi connectivity index (χ1) is 22.0. The van der Waals surface area contributed by atoms with Gasteiger partial charge in [0, 0.05) is 73.3 Å². The van der Waals surface area contributed by atoms with Crippen LogP contribution in [-0.2, 0) is 25.3 Å². The number of rotatable bonds is 12. The summed E-state index contributed by atoms with van der Waals surface area (Å²) in [6.07, 6.45) is 8.30. The van der Waals surface area contributed by atoms with Gasteiger partial charge in [-0.2, -0.15) is 0 Å². The number of phenols is 4. The number of aromatic hydroxyl groups is 4. The molecule has 4 aromatic rings. The molecule has 0 radical (unpaired) electrons. The topological polar surface area (TPSA) is 164 Å². The average Bonchev–Trinajstić information content (AvgIpc) is 3.04. The molecule has 0 fully saturated rings. The van der Waals surface area contributed by atoms with Crippen LogP contribution in [0.5, 0.6) is 23.0 Å². The Balaban J connectivity index is 0.000000288. The summed E-state index contributed by atoms with van der Waals surface area (Å²) in [7, 11) is 0. The number of hydrogen-bond acceptors (Lipinski definition) is 10. The summed E-state index contributed by atoms with van der Waals surface area (Å²) < 4.78 is 17.1. The molecule has 0 atom stereocenters. The van der Waals surface area contributed by atoms with Gasteiger partial charge in [0.15, 0.2) is 0 Å². The summed E-state index contributed by atoms with van der Waals surface area (Å²) in [5, 5.41) is 38.3. The molecule has 0 spiro atoms. The van der Waals surface area contributed by atoms with Crippen LogP contribution in [0.2, 0.25) is 0 Å². The van der Waals surface area contributed by atoms with Crippen molar-refractivity contribution in [1.82, 2.24) is 0 Å². The van der Waals surface area contributed by atoms with E-state index in [1.165, 1.54) is 0 Å². The molecule has 0 aliphatic rings. The van der Waals surface area contributed by atoms with Crippen LogP contribution in [0.1, 0.15) is 35.1 Å². The van der Waals surface area contributed by atoms with Gasteiger partial charge in [-0.3, -0.25) is 20.0 Å². The number of phenolic OH excluding ortho intramolecular Hbond substituents is 4. The van der Waals surface area contributed by atoms with Crippen LogP contribution < -0.4 is 0 Å². The van der Waals surface area contributed by atoms with Crippen LogP contribution in [0, 0.1) is 0 Å². The van der Waals surface area contributed by atoms with E-state index in [2.05, 4.69) is 20.0 Å². The van der Waals surface area contributed by atoms with Crippen LogP contribution >= 0.6 is 0 Å². The van der Waals surface area contributed by atoms with Crippen molar-refractivity contribution in [2.45, 2.75) is 12.8 Å². The van der Waals surface area contributed by atoms with E-state index in [4.69, 9.17) is 6.80 Å². The van der Waals surface area contributed by atoms with Gasteiger partial charge in [0.2, 0.25) is 0 Å². The van der Waals surface area contributed by atoms with Crippen molar-refractivity contribution < 1.29 is 45.7 Å². The van der Waals surface area contributed by atoms with Gasteiger partial charge >= 0.3 is 25.3 Å². The van der Waals surface area contributed by atoms with Gasteiger partial charge in [0.05, 0.1) is 0 Å². The van der Waals surface area contributed by atoms with E-state index in [9.17, 15) is 20.4 Å². The first-order valence-corrected chi connectivity index (χ1v) is 16.4. The van der Waals surface area contributed by atoms with E-state index in [-0.39, 0.29) is 23.0 Å². The van der Waals surface area contributed by atoms with E-state index < -0.39 is 18.5 Å². The zero-order valence-electron chi connectivity index (χ0n) is 24.6. The molecule has 0 bridgehead atoms. The normalized spacial score (nSPS) is 10.9. The average molecular weight is 781 g/mol. The molecule has 0 unspecified atom stereocenters. The molecule has 0 heterocycles. The molecule has 11 heteroatoms. The SMILES string of the molecule is Oc1ccccc1C=NCCCN=Cc1ccccc1O.Oc1ccccc1C=NCCCN=Cc1ccccc1O.[O]=[W]=[O]. The summed E-state index contributed by atoms with van der Waals surface area (Å²) in [5.41, 5.74) is 2.87. The molecule has 4 rings (SSSR count). The third kappa shape index (κ3) is 15.4. The van der Waals surface area contributed by atoms with Crippen molar-refractivity contribution in [3.63, 3.8) is 0 Å². The molecule has 0 aromatic heterocycles. The van der Waals surface area contributed by atoms with Gasteiger partial charge in [0.25, 0.3) is 0 Å². The quantitative estimate of drug-likeness (QED) is 0.105. The molecule has 45 heavy (non-hydrogen) atoms. The first-order valence-electron chi connectivity index (χ1n) is 14.0. The Bertz CT molecular complexity index is 1380. The number of aliphatic imine (C=N–C) groups is 4. The molecule has 0 aliphatic carbocycles. The summed E-state index contributed by atoms with van der Waals surface area (Å²) >= 11 is -2.25. The molecule has 10 nitrogen and oxygen atoms in total. The monoisotopic (exact) mass is 780 g/mol. The van der Waals surface area contributed by atoms with Crippen molar-refractivity contribution in [2.75, 3.05) is 26.2 Å². The van der Waals surface area contributed by atoms with Gasteiger partial charge in [-0.25, -0.2) is 0 Å². The Morgan fingerprint density at radius 1 is 0.422 bits per heavy atom. The molecular formula is C34H36N4O6W. The minimum atomic E-state index is -2.25. The Morgan fingerprint density at radius 2 is 0.622 bits per heavy atom. The molecule has 234 valence electrons. The molecular weight excluding hydrogens is 744 g/mol. The van der Waals surface area contributed by atoms with Crippen LogP contribution in [-0.4, -0.2) is 71.5 Å². The second-order valence-corrected chi connectivity index (χ2v) is 9.64. The fraction of sp³-hybridized carbons (Fsp3) is 0.176. The Hall–Kier alpha value is -4.95. The molecule has 0 saturated heterocycles. The summed E-state index contributed by atoms with van der Waals surface area (Å²) in [6.45, 7) is 2.58. The summed E-state index contributed by atoms with van der Waals surface area (Å²) in [5.74, 6) is 0.940. The zero-order chi connectivity index (χ0) is 32.5. The van der Waals surface area contributed by atoms with Crippen molar-refractivity contribution >= 4 is 24.9 Å². The standard InChI is InChI=1S/2C17H18N2O2.2O.W/c2*20-16-8-3-1-6-14(16)12-18-10-5-11-19-13-15-7-2-4-9-17(15)21;;;/h2*1-4,6-9,12-13,20-21H,5,10-11H2;;;. The first kappa shape index (κ1) is 36.2. The van der Waals surface area contributed by atoms with Gasteiger partial charge in [-0.1, -0.05) is 48.5 Å². The van der Waals surface area contributed by atoms with Crippen molar-refractivity contribution in [2.24, 2.45) is 20.0 Å². The maximum absolute atomic E-state index is 9.56. The van der Waals surface area contributed by atoms with E-state index >= 15 is 0 Å². The predicted octanol–water partition coefficient (Wildman–Crippen LogP) is 5.81. The second-order valence-electron chi connectivity index (χ2n) is 9.15. The Labute approximate surface area is 271 Å². The molecule has 4 N–H and O–H groups in total. The van der Waals surface area contributed by atoms with E-state index in [0.717, 1.165) is 35.1 Å². The number of hydrogen-bond donors (Lipinski definition) is 4. The molecule has 0 amide bonds. The van der Waals surface area contributed by atoms with Gasteiger partial charge in [-0.15, -0.1) is 0 Å². The number of nitrogens with zero attached hydrogens (tertiary/aromatic N) is 4. The van der Waals surface area contributed by atoms with E-state index in [0.29, 0.717) is 26.2 Å². The Morgan fingerprint density at radius 3 is 0.822 bits per heavy atom. The van der Waals surface area contributed by atoms with Gasteiger partial charge in [0.1, 0.15) is 23.0 Å².